The monoisotopic (exact) mass is 514 g/mol. The van der Waals surface area contributed by atoms with Crippen molar-refractivity contribution in [2.75, 3.05) is 18.0 Å². The van der Waals surface area contributed by atoms with Crippen LogP contribution in [0, 0.1) is 5.41 Å². The molecule has 0 saturated carbocycles. The molecule has 8 heteroatoms. The molecule has 0 bridgehead atoms. The zero-order valence-corrected chi connectivity index (χ0v) is 21.0. The van der Waals surface area contributed by atoms with Gasteiger partial charge in [-0.1, -0.05) is 47.5 Å². The van der Waals surface area contributed by atoms with E-state index in [9.17, 15) is 0 Å². The van der Waals surface area contributed by atoms with Gasteiger partial charge in [-0.25, -0.2) is 9.97 Å². The minimum atomic E-state index is 0.00190. The first-order valence-electron chi connectivity index (χ1n) is 12.2. The molecule has 2 aliphatic rings. The van der Waals surface area contributed by atoms with E-state index in [1.807, 2.05) is 41.2 Å². The van der Waals surface area contributed by atoms with Crippen LogP contribution in [-0.4, -0.2) is 32.4 Å². The summed E-state index contributed by atoms with van der Waals surface area (Å²) >= 11 is 12.8. The number of para-hydroxylation sites is 1. The van der Waals surface area contributed by atoms with Crippen LogP contribution in [0.3, 0.4) is 0 Å². The number of hydrogen-bond donors (Lipinski definition) is 1. The highest BCUT2D eigenvalue weighted by Gasteiger charge is 2.47. The number of piperidine rings is 1. The molecule has 1 aliphatic carbocycles. The summed E-state index contributed by atoms with van der Waals surface area (Å²) in [6.07, 6.45) is 8.53. The van der Waals surface area contributed by atoms with Gasteiger partial charge in [0.2, 0.25) is 0 Å². The standard InChI is InChI=1S/C28H24Cl2N6/c29-20-6-3-5-18(24(20)30)26-33-16-23-27(32-10-13-36(23)26)35-11-8-28(9-12-35)15-22-19(25(28)31)14-17-4-1-2-7-21(17)34-22/h1-7,10,13-14,16,25H,8-9,11-12,15,31H2/t25-/m1/s1. The molecule has 36 heavy (non-hydrogen) atoms. The average molecular weight is 515 g/mol. The third kappa shape index (κ3) is 3.25. The van der Waals surface area contributed by atoms with E-state index in [1.54, 1.807) is 6.07 Å². The Hall–Kier alpha value is -3.19. The Morgan fingerprint density at radius 1 is 1.00 bits per heavy atom. The first-order valence-corrected chi connectivity index (χ1v) is 13.0. The number of hydrogen-bond acceptors (Lipinski definition) is 5. The van der Waals surface area contributed by atoms with Crippen LogP contribution in [0.1, 0.15) is 30.1 Å². The molecule has 3 aromatic heterocycles. The fourth-order valence-electron chi connectivity index (χ4n) is 6.04. The Kier molecular flexibility index (Phi) is 5.00. The van der Waals surface area contributed by atoms with E-state index in [2.05, 4.69) is 34.1 Å². The van der Waals surface area contributed by atoms with Gasteiger partial charge in [0, 0.05) is 48.2 Å². The van der Waals surface area contributed by atoms with Gasteiger partial charge in [0.15, 0.2) is 5.82 Å². The zero-order chi connectivity index (χ0) is 24.4. The summed E-state index contributed by atoms with van der Waals surface area (Å²) in [5.41, 5.74) is 12.1. The summed E-state index contributed by atoms with van der Waals surface area (Å²) in [4.78, 5) is 16.8. The summed E-state index contributed by atoms with van der Waals surface area (Å²) in [6.45, 7) is 1.76. The Balaban J connectivity index is 1.18. The maximum absolute atomic E-state index is 6.90. The molecule has 5 aromatic rings. The van der Waals surface area contributed by atoms with Crippen LogP contribution < -0.4 is 10.6 Å². The molecule has 1 fully saturated rings. The third-order valence-corrected chi connectivity index (χ3v) is 8.86. The van der Waals surface area contributed by atoms with Crippen molar-refractivity contribution in [3.05, 3.63) is 88.4 Å². The largest absolute Gasteiger partial charge is 0.355 e. The highest BCUT2D eigenvalue weighted by Crippen LogP contribution is 2.51. The number of rotatable bonds is 2. The number of nitrogens with two attached hydrogens (primary N) is 1. The van der Waals surface area contributed by atoms with E-state index in [-0.39, 0.29) is 11.5 Å². The quantitative estimate of drug-likeness (QED) is 0.308. The van der Waals surface area contributed by atoms with Crippen LogP contribution >= 0.6 is 23.2 Å². The first kappa shape index (κ1) is 22.0. The number of nitrogens with zero attached hydrogens (tertiary/aromatic N) is 5. The molecule has 4 heterocycles. The van der Waals surface area contributed by atoms with Crippen LogP contribution in [0.15, 0.2) is 67.1 Å². The topological polar surface area (TPSA) is 72.3 Å². The van der Waals surface area contributed by atoms with Gasteiger partial charge in [-0.2, -0.15) is 0 Å². The molecule has 2 N–H and O–H groups in total. The summed E-state index contributed by atoms with van der Waals surface area (Å²) < 4.78 is 2.04. The molecule has 1 atom stereocenters. The molecule has 1 spiro atoms. The number of imidazole rings is 1. The van der Waals surface area contributed by atoms with Crippen LogP contribution in [0.4, 0.5) is 5.82 Å². The maximum atomic E-state index is 6.90. The van der Waals surface area contributed by atoms with E-state index in [0.29, 0.717) is 10.0 Å². The first-order chi connectivity index (χ1) is 17.5. The number of aromatic nitrogens is 4. The summed E-state index contributed by atoms with van der Waals surface area (Å²) in [7, 11) is 0. The minimum absolute atomic E-state index is 0.00190. The molecule has 0 radical (unpaired) electrons. The van der Waals surface area contributed by atoms with Gasteiger partial charge < -0.3 is 10.6 Å². The lowest BCUT2D eigenvalue weighted by Gasteiger charge is -2.42. The SMILES string of the molecule is N[C@@H]1c2cc3ccccc3nc2CC12CCN(c1nccn3c(-c4cccc(Cl)c4Cl)ncc13)CC2. The summed E-state index contributed by atoms with van der Waals surface area (Å²) in [5, 5.41) is 2.17. The van der Waals surface area contributed by atoms with Gasteiger partial charge in [-0.3, -0.25) is 9.38 Å². The number of anilines is 1. The molecule has 1 saturated heterocycles. The number of benzene rings is 2. The van der Waals surface area contributed by atoms with E-state index in [1.165, 1.54) is 5.56 Å². The molecule has 2 aromatic carbocycles. The van der Waals surface area contributed by atoms with Crippen LogP contribution in [0.2, 0.25) is 10.0 Å². The van der Waals surface area contributed by atoms with Crippen molar-refractivity contribution in [3.63, 3.8) is 0 Å². The Morgan fingerprint density at radius 3 is 2.69 bits per heavy atom. The lowest BCUT2D eigenvalue weighted by molar-refractivity contribution is 0.187. The molecule has 180 valence electrons. The summed E-state index contributed by atoms with van der Waals surface area (Å²) in [5.74, 6) is 1.68. The smallest absolute Gasteiger partial charge is 0.154 e. The predicted octanol–water partition coefficient (Wildman–Crippen LogP) is 6.09. The van der Waals surface area contributed by atoms with Gasteiger partial charge in [0.1, 0.15) is 11.3 Å². The third-order valence-electron chi connectivity index (χ3n) is 8.04. The van der Waals surface area contributed by atoms with Gasteiger partial charge in [-0.15, -0.1) is 0 Å². The molecule has 1 aliphatic heterocycles. The Labute approximate surface area is 218 Å². The molecule has 0 amide bonds. The van der Waals surface area contributed by atoms with Gasteiger partial charge >= 0.3 is 0 Å². The van der Waals surface area contributed by atoms with Crippen LogP contribution in [0.5, 0.6) is 0 Å². The average Bonchev–Trinajstić information content (AvgIpc) is 3.44. The van der Waals surface area contributed by atoms with Crippen LogP contribution in [-0.2, 0) is 6.42 Å². The fraction of sp³-hybridized carbons (Fsp3) is 0.250. The van der Waals surface area contributed by atoms with Crippen molar-refractivity contribution in [1.82, 2.24) is 19.4 Å². The fourth-order valence-corrected chi connectivity index (χ4v) is 6.43. The lowest BCUT2D eigenvalue weighted by Crippen LogP contribution is -2.44. The number of pyridine rings is 1. The van der Waals surface area contributed by atoms with Crippen molar-refractivity contribution < 1.29 is 0 Å². The molecule has 7 rings (SSSR count). The van der Waals surface area contributed by atoms with Crippen LogP contribution in [0.25, 0.3) is 27.8 Å². The number of fused-ring (bicyclic) bond motifs is 3. The summed E-state index contributed by atoms with van der Waals surface area (Å²) in [6, 6.07) is 16.2. The highest BCUT2D eigenvalue weighted by atomic mass is 35.5. The number of halogens is 2. The highest BCUT2D eigenvalue weighted by molar-refractivity contribution is 6.43. The van der Waals surface area contributed by atoms with Crippen molar-refractivity contribution in [2.45, 2.75) is 25.3 Å². The lowest BCUT2D eigenvalue weighted by atomic mass is 9.73. The van der Waals surface area contributed by atoms with Gasteiger partial charge in [0.25, 0.3) is 0 Å². The molecule has 6 nitrogen and oxygen atoms in total. The van der Waals surface area contributed by atoms with Crippen molar-refractivity contribution >= 4 is 45.4 Å². The van der Waals surface area contributed by atoms with Crippen molar-refractivity contribution in [1.29, 1.82) is 0 Å². The minimum Gasteiger partial charge on any atom is -0.355 e. The molecular weight excluding hydrogens is 491 g/mol. The van der Waals surface area contributed by atoms with Gasteiger partial charge in [-0.05, 0) is 54.5 Å². The second-order valence-electron chi connectivity index (χ2n) is 9.91. The normalized spacial score (nSPS) is 18.9. The molecular formula is C28H24Cl2N6. The Morgan fingerprint density at radius 2 is 1.83 bits per heavy atom. The van der Waals surface area contributed by atoms with Crippen molar-refractivity contribution in [2.24, 2.45) is 11.1 Å². The van der Waals surface area contributed by atoms with E-state index >= 15 is 0 Å². The molecule has 0 unspecified atom stereocenters. The maximum Gasteiger partial charge on any atom is 0.154 e. The second-order valence-corrected chi connectivity index (χ2v) is 10.7. The second kappa shape index (κ2) is 8.17. The Bertz CT molecular complexity index is 1640. The van der Waals surface area contributed by atoms with E-state index in [0.717, 1.165) is 71.7 Å². The predicted molar refractivity (Wildman–Crippen MR) is 145 cm³/mol. The van der Waals surface area contributed by atoms with E-state index < -0.39 is 0 Å². The van der Waals surface area contributed by atoms with E-state index in [4.69, 9.17) is 38.9 Å². The van der Waals surface area contributed by atoms with Crippen molar-refractivity contribution in [3.8, 4) is 11.4 Å². The zero-order valence-electron chi connectivity index (χ0n) is 19.5. The van der Waals surface area contributed by atoms with Gasteiger partial charge in [0.05, 0.1) is 21.8 Å².